The molecule has 2 N–H and O–H groups in total. The Balaban J connectivity index is 0.00000264. The predicted molar refractivity (Wildman–Crippen MR) is 104 cm³/mol. The maximum absolute atomic E-state index is 4.83. The summed E-state index contributed by atoms with van der Waals surface area (Å²) < 4.78 is 4.83. The highest BCUT2D eigenvalue weighted by Crippen LogP contribution is 2.12. The van der Waals surface area contributed by atoms with Crippen molar-refractivity contribution in [2.75, 3.05) is 26.2 Å². The highest BCUT2D eigenvalue weighted by Gasteiger charge is 2.20. The van der Waals surface area contributed by atoms with Crippen LogP contribution in [0.4, 0.5) is 0 Å². The summed E-state index contributed by atoms with van der Waals surface area (Å²) in [7, 11) is 0. The number of hydrogen-bond acceptors (Lipinski definition) is 4. The summed E-state index contributed by atoms with van der Waals surface area (Å²) in [5.41, 5.74) is 0.851. The number of likely N-dealkylation sites (tertiary alicyclic amines) is 1. The molecule has 2 heterocycles. The molecule has 1 aliphatic heterocycles. The summed E-state index contributed by atoms with van der Waals surface area (Å²) in [6.07, 6.45) is 3.91. The van der Waals surface area contributed by atoms with Crippen LogP contribution in [0.15, 0.2) is 21.8 Å². The Morgan fingerprint density at radius 1 is 1.43 bits per heavy atom. The molecule has 1 aliphatic rings. The molecule has 0 amide bonds. The third-order valence-corrected chi connectivity index (χ3v) is 3.79. The number of hydrogen-bond donors (Lipinski definition) is 2. The summed E-state index contributed by atoms with van der Waals surface area (Å²) in [4.78, 5) is 7.13. The Bertz CT molecular complexity index is 441. The molecule has 0 spiro atoms. The van der Waals surface area contributed by atoms with Gasteiger partial charge < -0.3 is 20.1 Å². The summed E-state index contributed by atoms with van der Waals surface area (Å²) >= 11 is 0. The standard InChI is InChI=1S/C16H29N5O.HI/c1-4-17-16(18-11-15-7-10-22-20-15)19-14-5-8-21(9-6-14)12-13(2)3;/h7,10,13-14H,4-6,8-9,11-12H2,1-3H3,(H2,17,18,19);1H. The van der Waals surface area contributed by atoms with Gasteiger partial charge in [0.15, 0.2) is 5.96 Å². The Morgan fingerprint density at radius 3 is 2.74 bits per heavy atom. The molecule has 0 unspecified atom stereocenters. The molecule has 1 saturated heterocycles. The molecular weight excluding hydrogens is 405 g/mol. The van der Waals surface area contributed by atoms with Crippen molar-refractivity contribution in [1.82, 2.24) is 20.7 Å². The van der Waals surface area contributed by atoms with Crippen LogP contribution in [0, 0.1) is 5.92 Å². The van der Waals surface area contributed by atoms with E-state index in [2.05, 4.69) is 46.5 Å². The van der Waals surface area contributed by atoms with Crippen LogP contribution < -0.4 is 10.6 Å². The van der Waals surface area contributed by atoms with Crippen molar-refractivity contribution in [1.29, 1.82) is 0 Å². The lowest BCUT2D eigenvalue weighted by molar-refractivity contribution is 0.187. The van der Waals surface area contributed by atoms with E-state index in [1.807, 2.05) is 6.07 Å². The van der Waals surface area contributed by atoms with Crippen LogP contribution in [0.5, 0.6) is 0 Å². The SMILES string of the molecule is CCNC(=NCc1ccon1)NC1CCN(CC(C)C)CC1.I. The van der Waals surface area contributed by atoms with Crippen molar-refractivity contribution in [2.45, 2.75) is 46.2 Å². The fourth-order valence-electron chi connectivity index (χ4n) is 2.77. The average molecular weight is 435 g/mol. The number of guanidine groups is 1. The summed E-state index contributed by atoms with van der Waals surface area (Å²) in [5.74, 6) is 1.61. The molecule has 6 nitrogen and oxygen atoms in total. The number of halogens is 1. The molecule has 2 rings (SSSR count). The van der Waals surface area contributed by atoms with Gasteiger partial charge in [0.2, 0.25) is 0 Å². The minimum absolute atomic E-state index is 0. The van der Waals surface area contributed by atoms with E-state index in [-0.39, 0.29) is 24.0 Å². The largest absolute Gasteiger partial charge is 0.364 e. The average Bonchev–Trinajstić information content (AvgIpc) is 3.00. The first-order valence-corrected chi connectivity index (χ1v) is 8.33. The number of aromatic nitrogens is 1. The van der Waals surface area contributed by atoms with Crippen molar-refractivity contribution in [3.8, 4) is 0 Å². The first-order chi connectivity index (χ1) is 10.7. The van der Waals surface area contributed by atoms with Crippen molar-refractivity contribution in [3.63, 3.8) is 0 Å². The lowest BCUT2D eigenvalue weighted by Gasteiger charge is -2.34. The molecule has 0 saturated carbocycles. The second-order valence-corrected chi connectivity index (χ2v) is 6.30. The molecule has 7 heteroatoms. The van der Waals surface area contributed by atoms with Crippen LogP contribution in [-0.4, -0.2) is 48.2 Å². The maximum atomic E-state index is 4.83. The van der Waals surface area contributed by atoms with Crippen LogP contribution >= 0.6 is 24.0 Å². The van der Waals surface area contributed by atoms with Gasteiger partial charge in [0, 0.05) is 38.3 Å². The molecule has 0 radical (unpaired) electrons. The van der Waals surface area contributed by atoms with Gasteiger partial charge in [-0.05, 0) is 25.7 Å². The monoisotopic (exact) mass is 435 g/mol. The summed E-state index contributed by atoms with van der Waals surface area (Å²) in [6, 6.07) is 2.34. The molecule has 1 aromatic heterocycles. The summed E-state index contributed by atoms with van der Waals surface area (Å²) in [6.45, 7) is 11.6. The van der Waals surface area contributed by atoms with Crippen LogP contribution in [0.2, 0.25) is 0 Å². The Morgan fingerprint density at radius 2 is 2.17 bits per heavy atom. The molecule has 1 aromatic rings. The van der Waals surface area contributed by atoms with E-state index in [4.69, 9.17) is 4.52 Å². The predicted octanol–water partition coefficient (Wildman–Crippen LogP) is 2.47. The van der Waals surface area contributed by atoms with E-state index in [1.165, 1.54) is 32.5 Å². The van der Waals surface area contributed by atoms with Gasteiger partial charge >= 0.3 is 0 Å². The van der Waals surface area contributed by atoms with Crippen LogP contribution in [0.1, 0.15) is 39.3 Å². The van der Waals surface area contributed by atoms with Crippen LogP contribution in [-0.2, 0) is 6.54 Å². The third kappa shape index (κ3) is 7.52. The first kappa shape index (κ1) is 20.2. The molecule has 0 aromatic carbocycles. The van der Waals surface area contributed by atoms with Crippen molar-refractivity contribution >= 4 is 29.9 Å². The van der Waals surface area contributed by atoms with Gasteiger partial charge in [-0.3, -0.25) is 0 Å². The molecule has 0 bridgehead atoms. The van der Waals surface area contributed by atoms with E-state index < -0.39 is 0 Å². The van der Waals surface area contributed by atoms with Crippen molar-refractivity contribution in [3.05, 3.63) is 18.0 Å². The summed E-state index contributed by atoms with van der Waals surface area (Å²) in [5, 5.41) is 10.7. The molecule has 1 fully saturated rings. The van der Waals surface area contributed by atoms with Gasteiger partial charge in [0.1, 0.15) is 12.0 Å². The maximum Gasteiger partial charge on any atom is 0.191 e. The third-order valence-electron chi connectivity index (χ3n) is 3.79. The van der Waals surface area contributed by atoms with Gasteiger partial charge in [-0.2, -0.15) is 0 Å². The molecule has 132 valence electrons. The highest BCUT2D eigenvalue weighted by molar-refractivity contribution is 14.0. The van der Waals surface area contributed by atoms with Gasteiger partial charge in [0.05, 0.1) is 6.54 Å². The zero-order chi connectivity index (χ0) is 15.8. The minimum atomic E-state index is 0. The van der Waals surface area contributed by atoms with E-state index in [0.717, 1.165) is 24.1 Å². The zero-order valence-electron chi connectivity index (χ0n) is 14.4. The molecule has 0 atom stereocenters. The van der Waals surface area contributed by atoms with E-state index in [0.29, 0.717) is 12.6 Å². The number of nitrogens with zero attached hydrogens (tertiary/aromatic N) is 3. The van der Waals surface area contributed by atoms with Crippen molar-refractivity contribution < 1.29 is 4.52 Å². The van der Waals surface area contributed by atoms with Gasteiger partial charge in [0.25, 0.3) is 0 Å². The number of aliphatic imine (C=N–C) groups is 1. The molecule has 0 aliphatic carbocycles. The van der Waals surface area contributed by atoms with E-state index in [1.54, 1.807) is 6.26 Å². The van der Waals surface area contributed by atoms with Gasteiger partial charge in [-0.15, -0.1) is 24.0 Å². The zero-order valence-corrected chi connectivity index (χ0v) is 16.7. The molecule has 23 heavy (non-hydrogen) atoms. The first-order valence-electron chi connectivity index (χ1n) is 8.33. The van der Waals surface area contributed by atoms with Crippen molar-refractivity contribution in [2.24, 2.45) is 10.9 Å². The lowest BCUT2D eigenvalue weighted by Crippen LogP contribution is -2.49. The smallest absolute Gasteiger partial charge is 0.191 e. The lowest BCUT2D eigenvalue weighted by atomic mass is 10.0. The fraction of sp³-hybridized carbons (Fsp3) is 0.750. The fourth-order valence-corrected chi connectivity index (χ4v) is 2.77. The van der Waals surface area contributed by atoms with Crippen LogP contribution in [0.25, 0.3) is 0 Å². The quantitative estimate of drug-likeness (QED) is 0.409. The van der Waals surface area contributed by atoms with Crippen LogP contribution in [0.3, 0.4) is 0 Å². The van der Waals surface area contributed by atoms with E-state index in [9.17, 15) is 0 Å². The highest BCUT2D eigenvalue weighted by atomic mass is 127. The Labute approximate surface area is 156 Å². The number of nitrogens with one attached hydrogen (secondary N) is 2. The molecular formula is C16H30IN5O. The minimum Gasteiger partial charge on any atom is -0.364 e. The van der Waals surface area contributed by atoms with Gasteiger partial charge in [-0.25, -0.2) is 4.99 Å². The second-order valence-electron chi connectivity index (χ2n) is 6.30. The van der Waals surface area contributed by atoms with E-state index >= 15 is 0 Å². The Hall–Kier alpha value is -0.830. The second kappa shape index (κ2) is 10.9. The van der Waals surface area contributed by atoms with Gasteiger partial charge in [-0.1, -0.05) is 19.0 Å². The topological polar surface area (TPSA) is 65.7 Å². The number of rotatable bonds is 6. The normalized spacial score (nSPS) is 17.1. The Kier molecular flexibility index (Phi) is 9.54. The number of piperidine rings is 1.